The minimum absolute atomic E-state index is 0.0436. The molecule has 1 amide bonds. The number of carbonyl (C=O) groups excluding carboxylic acids is 1. The van der Waals surface area contributed by atoms with Crippen LogP contribution in [0.4, 0.5) is 4.39 Å². The van der Waals surface area contributed by atoms with Gasteiger partial charge in [0.2, 0.25) is 0 Å². The molecule has 8 nitrogen and oxygen atoms in total. The number of methoxy groups -OCH3 is 2. The molecule has 0 saturated carbocycles. The maximum atomic E-state index is 13.7. The van der Waals surface area contributed by atoms with Crippen LogP contribution in [0.15, 0.2) is 94.4 Å². The summed E-state index contributed by atoms with van der Waals surface area (Å²) in [7, 11) is -1.26. The summed E-state index contributed by atoms with van der Waals surface area (Å²) in [6.07, 6.45) is 1.51. The summed E-state index contributed by atoms with van der Waals surface area (Å²) < 4.78 is 60.0. The van der Waals surface area contributed by atoms with Gasteiger partial charge in [-0.1, -0.05) is 18.2 Å². The fourth-order valence-corrected chi connectivity index (χ4v) is 4.63. The Balaban J connectivity index is 1.63. The Kier molecular flexibility index (Phi) is 7.78. The van der Waals surface area contributed by atoms with Crippen molar-refractivity contribution in [2.45, 2.75) is 18.0 Å². The van der Waals surface area contributed by atoms with Gasteiger partial charge in [-0.15, -0.1) is 0 Å². The van der Waals surface area contributed by atoms with Gasteiger partial charge in [-0.05, 0) is 66.2 Å². The molecule has 1 aromatic heterocycles. The zero-order chi connectivity index (χ0) is 26.4. The average molecular weight is 526 g/mol. The number of rotatable bonds is 10. The Bertz CT molecular complexity index is 1450. The lowest BCUT2D eigenvalue weighted by Gasteiger charge is -2.24. The van der Waals surface area contributed by atoms with Gasteiger partial charge in [-0.2, -0.15) is 8.42 Å². The third-order valence-electron chi connectivity index (χ3n) is 5.44. The average Bonchev–Trinajstić information content (AvgIpc) is 3.41. The van der Waals surface area contributed by atoms with E-state index in [9.17, 15) is 17.6 Å². The molecular weight excluding hydrogens is 501 g/mol. The number of ether oxygens (including phenoxy) is 2. The number of hydrogen-bond acceptors (Lipinski definition) is 7. The summed E-state index contributed by atoms with van der Waals surface area (Å²) in [4.78, 5) is 15.1. The van der Waals surface area contributed by atoms with E-state index in [0.717, 1.165) is 24.3 Å². The van der Waals surface area contributed by atoms with E-state index in [4.69, 9.17) is 18.1 Å². The van der Waals surface area contributed by atoms with E-state index in [1.165, 1.54) is 37.5 Å². The van der Waals surface area contributed by atoms with Gasteiger partial charge in [0.25, 0.3) is 5.91 Å². The van der Waals surface area contributed by atoms with Gasteiger partial charge in [0.05, 0.1) is 27.0 Å². The Morgan fingerprint density at radius 2 is 1.57 bits per heavy atom. The van der Waals surface area contributed by atoms with Crippen molar-refractivity contribution in [2.24, 2.45) is 0 Å². The van der Waals surface area contributed by atoms with Crippen molar-refractivity contribution in [1.29, 1.82) is 0 Å². The van der Waals surface area contributed by atoms with Crippen molar-refractivity contribution in [1.82, 2.24) is 4.90 Å². The van der Waals surface area contributed by atoms with Crippen LogP contribution in [0.3, 0.4) is 0 Å². The Morgan fingerprint density at radius 1 is 0.892 bits per heavy atom. The largest absolute Gasteiger partial charge is 0.496 e. The third-order valence-corrected chi connectivity index (χ3v) is 6.70. The van der Waals surface area contributed by atoms with E-state index in [1.807, 2.05) is 0 Å². The summed E-state index contributed by atoms with van der Waals surface area (Å²) in [5.74, 6) is 0.341. The lowest BCUT2D eigenvalue weighted by Crippen LogP contribution is -2.30. The molecule has 0 fully saturated rings. The van der Waals surface area contributed by atoms with Crippen molar-refractivity contribution < 1.29 is 35.7 Å². The summed E-state index contributed by atoms with van der Waals surface area (Å²) in [6, 6.07) is 19.2. The lowest BCUT2D eigenvalue weighted by molar-refractivity contribution is 0.0710. The number of amides is 1. The van der Waals surface area contributed by atoms with E-state index in [-0.39, 0.29) is 35.2 Å². The zero-order valence-electron chi connectivity index (χ0n) is 20.1. The van der Waals surface area contributed by atoms with Gasteiger partial charge in [0, 0.05) is 6.54 Å². The molecule has 0 spiro atoms. The van der Waals surface area contributed by atoms with E-state index in [2.05, 4.69) is 0 Å². The minimum Gasteiger partial charge on any atom is -0.496 e. The Labute approximate surface area is 213 Å². The summed E-state index contributed by atoms with van der Waals surface area (Å²) >= 11 is 0. The van der Waals surface area contributed by atoms with Crippen molar-refractivity contribution in [3.05, 3.63) is 108 Å². The first-order valence-electron chi connectivity index (χ1n) is 11.1. The minimum atomic E-state index is -4.19. The summed E-state index contributed by atoms with van der Waals surface area (Å²) in [5, 5.41) is 0. The number of furan rings is 1. The van der Waals surface area contributed by atoms with Gasteiger partial charge < -0.3 is 23.0 Å². The standard InChI is InChI=1S/C27H24FNO7S/c1-33-24-9-4-10-25(34-2)26(24)27(30)29(18-22-8-5-15-35-22)17-19-6-3-7-21(16-19)36-37(31,32)23-13-11-20(28)12-14-23/h3-16H,17-18H2,1-2H3. The number of benzene rings is 3. The highest BCUT2D eigenvalue weighted by atomic mass is 32.2. The molecule has 4 aromatic rings. The third kappa shape index (κ3) is 6.10. The first-order chi connectivity index (χ1) is 17.8. The van der Waals surface area contributed by atoms with E-state index >= 15 is 0 Å². The molecule has 0 aliphatic rings. The molecule has 0 bridgehead atoms. The van der Waals surface area contributed by atoms with E-state index in [0.29, 0.717) is 22.8 Å². The highest BCUT2D eigenvalue weighted by Crippen LogP contribution is 2.31. The second-order valence-electron chi connectivity index (χ2n) is 7.92. The summed E-state index contributed by atoms with van der Waals surface area (Å²) in [5.41, 5.74) is 0.839. The molecular formula is C27H24FNO7S. The van der Waals surface area contributed by atoms with Gasteiger partial charge in [-0.25, -0.2) is 4.39 Å². The molecule has 0 aliphatic heterocycles. The molecule has 0 N–H and O–H groups in total. The fourth-order valence-electron chi connectivity index (χ4n) is 3.70. The molecule has 0 radical (unpaired) electrons. The van der Waals surface area contributed by atoms with Crippen molar-refractivity contribution >= 4 is 16.0 Å². The number of nitrogens with zero attached hydrogens (tertiary/aromatic N) is 1. The van der Waals surface area contributed by atoms with Crippen LogP contribution in [0.1, 0.15) is 21.7 Å². The second-order valence-corrected chi connectivity index (χ2v) is 9.46. The van der Waals surface area contributed by atoms with Gasteiger partial charge in [-0.3, -0.25) is 4.79 Å². The van der Waals surface area contributed by atoms with Crippen LogP contribution in [0, 0.1) is 5.82 Å². The molecule has 0 atom stereocenters. The van der Waals surface area contributed by atoms with Crippen LogP contribution >= 0.6 is 0 Å². The van der Waals surface area contributed by atoms with Crippen LogP contribution < -0.4 is 13.7 Å². The van der Waals surface area contributed by atoms with Crippen molar-refractivity contribution in [3.8, 4) is 17.2 Å². The van der Waals surface area contributed by atoms with Crippen LogP contribution in [0.5, 0.6) is 17.2 Å². The molecule has 1 heterocycles. The second kappa shape index (κ2) is 11.2. The zero-order valence-corrected chi connectivity index (χ0v) is 20.9. The van der Waals surface area contributed by atoms with Gasteiger partial charge >= 0.3 is 10.1 Å². The molecule has 10 heteroatoms. The highest BCUT2D eigenvalue weighted by molar-refractivity contribution is 7.87. The highest BCUT2D eigenvalue weighted by Gasteiger charge is 2.25. The van der Waals surface area contributed by atoms with Gasteiger partial charge in [0.1, 0.15) is 39.3 Å². The number of halogens is 1. The molecule has 192 valence electrons. The van der Waals surface area contributed by atoms with Crippen molar-refractivity contribution in [3.63, 3.8) is 0 Å². The molecule has 4 rings (SSSR count). The quantitative estimate of drug-likeness (QED) is 0.268. The maximum absolute atomic E-state index is 13.7. The molecule has 0 aliphatic carbocycles. The van der Waals surface area contributed by atoms with Crippen LogP contribution in [-0.2, 0) is 23.2 Å². The SMILES string of the molecule is COc1cccc(OC)c1C(=O)N(Cc1cccc(OS(=O)(=O)c2ccc(F)cc2)c1)Cc1ccco1. The fraction of sp³-hybridized carbons (Fsp3) is 0.148. The monoisotopic (exact) mass is 525 g/mol. The van der Waals surface area contributed by atoms with Crippen LogP contribution in [-0.4, -0.2) is 33.4 Å². The number of hydrogen-bond donors (Lipinski definition) is 0. The Morgan fingerprint density at radius 3 is 2.19 bits per heavy atom. The maximum Gasteiger partial charge on any atom is 0.339 e. The predicted molar refractivity (Wildman–Crippen MR) is 132 cm³/mol. The summed E-state index contributed by atoms with van der Waals surface area (Å²) in [6.45, 7) is 0.223. The van der Waals surface area contributed by atoms with Crippen molar-refractivity contribution in [2.75, 3.05) is 14.2 Å². The Hall–Kier alpha value is -4.31. The van der Waals surface area contributed by atoms with Crippen LogP contribution in [0.2, 0.25) is 0 Å². The molecule has 0 saturated heterocycles. The smallest absolute Gasteiger partial charge is 0.339 e. The first-order valence-corrected chi connectivity index (χ1v) is 12.5. The predicted octanol–water partition coefficient (Wildman–Crippen LogP) is 5.05. The molecule has 3 aromatic carbocycles. The first kappa shape index (κ1) is 25.8. The lowest BCUT2D eigenvalue weighted by atomic mass is 10.1. The normalized spacial score (nSPS) is 11.1. The molecule has 0 unspecified atom stereocenters. The number of carbonyl (C=O) groups is 1. The van der Waals surface area contributed by atoms with Gasteiger partial charge in [0.15, 0.2) is 0 Å². The molecule has 37 heavy (non-hydrogen) atoms. The van der Waals surface area contributed by atoms with E-state index < -0.39 is 15.9 Å². The topological polar surface area (TPSA) is 95.3 Å². The van der Waals surface area contributed by atoms with Crippen LogP contribution in [0.25, 0.3) is 0 Å². The van der Waals surface area contributed by atoms with E-state index in [1.54, 1.807) is 42.5 Å².